The van der Waals surface area contributed by atoms with Crippen molar-refractivity contribution in [2.75, 3.05) is 13.0 Å². The number of ether oxygens (including phenoxy) is 1. The molecule has 0 amide bonds. The van der Waals surface area contributed by atoms with E-state index in [1.54, 1.807) is 0 Å². The van der Waals surface area contributed by atoms with E-state index in [0.717, 1.165) is 0 Å². The normalized spacial score (nSPS) is 12.9. The molecule has 0 saturated carbocycles. The van der Waals surface area contributed by atoms with Gasteiger partial charge in [0.2, 0.25) is 0 Å². The molecule has 4 heteroatoms. The second kappa shape index (κ2) is 4.36. The fourth-order valence-corrected chi connectivity index (χ4v) is 0.595. The summed E-state index contributed by atoms with van der Waals surface area (Å²) in [6, 6.07) is 0. The van der Waals surface area contributed by atoms with E-state index in [0.29, 0.717) is 10.9 Å². The number of rotatable bonds is 2. The Balaban J connectivity index is 3.46. The highest BCUT2D eigenvalue weighted by atomic mass is 35.5. The molecule has 1 unspecified atom stereocenters. The van der Waals surface area contributed by atoms with Gasteiger partial charge in [0.25, 0.3) is 0 Å². The van der Waals surface area contributed by atoms with Crippen molar-refractivity contribution in [1.29, 1.82) is 0 Å². The van der Waals surface area contributed by atoms with Gasteiger partial charge in [-0.05, 0) is 12.2 Å². The Hall–Kier alpha value is 0.470. The fraction of sp³-hybridized carbons (Fsp3) is 0.750. The molecule has 0 aliphatic heterocycles. The number of alkyl halides is 2. The molecule has 0 aliphatic carbocycles. The summed E-state index contributed by atoms with van der Waals surface area (Å²) < 4.78 is 4.62. The van der Waals surface area contributed by atoms with Crippen LogP contribution in [0.15, 0.2) is 0 Å². The van der Waals surface area contributed by atoms with Crippen LogP contribution >= 0.6 is 35.4 Å². The first-order valence-corrected chi connectivity index (χ1v) is 3.38. The van der Waals surface area contributed by atoms with E-state index in [2.05, 4.69) is 17.0 Å². The van der Waals surface area contributed by atoms with Crippen molar-refractivity contribution in [3.8, 4) is 0 Å². The number of halogens is 2. The summed E-state index contributed by atoms with van der Waals surface area (Å²) in [5.41, 5.74) is 0. The number of hydrogen-bond acceptors (Lipinski definition) is 2. The number of methoxy groups -OCH3 is 1. The van der Waals surface area contributed by atoms with Crippen LogP contribution < -0.4 is 0 Å². The van der Waals surface area contributed by atoms with Gasteiger partial charge in [0.05, 0.1) is 7.11 Å². The van der Waals surface area contributed by atoms with Crippen molar-refractivity contribution in [1.82, 2.24) is 0 Å². The Bertz CT molecular complexity index is 86.1. The summed E-state index contributed by atoms with van der Waals surface area (Å²) in [5.74, 6) is 0.300. The van der Waals surface area contributed by atoms with E-state index < -0.39 is 0 Å². The molecule has 0 spiro atoms. The Morgan fingerprint density at radius 3 is 2.50 bits per heavy atom. The van der Waals surface area contributed by atoms with Gasteiger partial charge in [-0.25, -0.2) is 0 Å². The fourth-order valence-electron chi connectivity index (χ4n) is 0.191. The predicted molar refractivity (Wildman–Crippen MR) is 40.0 cm³/mol. The molecule has 0 radical (unpaired) electrons. The maximum atomic E-state index is 5.52. The first-order chi connectivity index (χ1) is 3.72. The minimum Gasteiger partial charge on any atom is -0.489 e. The van der Waals surface area contributed by atoms with Crippen molar-refractivity contribution in [3.05, 3.63) is 0 Å². The highest BCUT2D eigenvalue weighted by Gasteiger charge is 2.07. The van der Waals surface area contributed by atoms with E-state index in [1.165, 1.54) is 7.11 Å². The molecule has 0 saturated heterocycles. The molecule has 48 valence electrons. The highest BCUT2D eigenvalue weighted by molar-refractivity contribution is 7.80. The first kappa shape index (κ1) is 8.47. The molecule has 0 aliphatic rings. The van der Waals surface area contributed by atoms with E-state index in [9.17, 15) is 0 Å². The van der Waals surface area contributed by atoms with Gasteiger partial charge in [-0.3, -0.25) is 0 Å². The SMILES string of the molecule is COC(=S)C(Cl)CCl. The Kier molecular flexibility index (Phi) is 4.61. The molecule has 0 fully saturated rings. The molecule has 8 heavy (non-hydrogen) atoms. The van der Waals surface area contributed by atoms with Crippen LogP contribution in [0.25, 0.3) is 0 Å². The van der Waals surface area contributed by atoms with Gasteiger partial charge in [-0.2, -0.15) is 0 Å². The largest absolute Gasteiger partial charge is 0.489 e. The van der Waals surface area contributed by atoms with Crippen LogP contribution in [0.1, 0.15) is 0 Å². The zero-order valence-corrected chi connectivity index (χ0v) is 6.69. The molecule has 0 rings (SSSR count). The lowest BCUT2D eigenvalue weighted by atomic mass is 10.5. The average Bonchev–Trinajstić information content (AvgIpc) is 1.84. The third-order valence-corrected chi connectivity index (χ3v) is 1.99. The summed E-state index contributed by atoms with van der Waals surface area (Å²) in [5, 5.41) is 0.0123. The Morgan fingerprint density at radius 2 is 2.38 bits per heavy atom. The van der Waals surface area contributed by atoms with Gasteiger partial charge in [0.1, 0.15) is 5.38 Å². The predicted octanol–water partition coefficient (Wildman–Crippen LogP) is 1.81. The van der Waals surface area contributed by atoms with E-state index in [1.807, 2.05) is 0 Å². The number of hydrogen-bond donors (Lipinski definition) is 0. The van der Waals surface area contributed by atoms with Crippen LogP contribution in [0.4, 0.5) is 0 Å². The van der Waals surface area contributed by atoms with Crippen molar-refractivity contribution < 1.29 is 4.74 Å². The van der Waals surface area contributed by atoms with Gasteiger partial charge < -0.3 is 4.74 Å². The molecule has 1 atom stereocenters. The van der Waals surface area contributed by atoms with Crippen molar-refractivity contribution in [2.24, 2.45) is 0 Å². The minimum atomic E-state index is -0.336. The molecule has 0 aromatic carbocycles. The molecule has 0 bridgehead atoms. The van der Waals surface area contributed by atoms with Crippen molar-refractivity contribution >= 4 is 40.5 Å². The van der Waals surface area contributed by atoms with Crippen LogP contribution in [0, 0.1) is 0 Å². The van der Waals surface area contributed by atoms with Gasteiger partial charge in [0, 0.05) is 5.88 Å². The Morgan fingerprint density at radius 1 is 1.88 bits per heavy atom. The van der Waals surface area contributed by atoms with E-state index in [-0.39, 0.29) is 5.38 Å². The maximum Gasteiger partial charge on any atom is 0.178 e. The van der Waals surface area contributed by atoms with E-state index in [4.69, 9.17) is 23.2 Å². The van der Waals surface area contributed by atoms with Crippen LogP contribution in [-0.4, -0.2) is 23.4 Å². The third kappa shape index (κ3) is 2.70. The summed E-state index contributed by atoms with van der Waals surface area (Å²) >= 11 is 15.5. The van der Waals surface area contributed by atoms with Crippen molar-refractivity contribution in [2.45, 2.75) is 5.38 Å². The summed E-state index contributed by atoms with van der Waals surface area (Å²) in [6.07, 6.45) is 0. The average molecular weight is 173 g/mol. The maximum absolute atomic E-state index is 5.52. The van der Waals surface area contributed by atoms with Crippen LogP contribution in [0.2, 0.25) is 0 Å². The second-order valence-electron chi connectivity index (χ2n) is 1.14. The molecule has 0 aromatic rings. The smallest absolute Gasteiger partial charge is 0.178 e. The van der Waals surface area contributed by atoms with Crippen molar-refractivity contribution in [3.63, 3.8) is 0 Å². The zero-order chi connectivity index (χ0) is 6.57. The summed E-state index contributed by atoms with van der Waals surface area (Å²) in [7, 11) is 1.48. The summed E-state index contributed by atoms with van der Waals surface area (Å²) in [4.78, 5) is 0. The summed E-state index contributed by atoms with van der Waals surface area (Å²) in [6.45, 7) is 0. The van der Waals surface area contributed by atoms with Crippen LogP contribution in [0.3, 0.4) is 0 Å². The monoisotopic (exact) mass is 172 g/mol. The quantitative estimate of drug-likeness (QED) is 0.465. The molecule has 0 aromatic heterocycles. The second-order valence-corrected chi connectivity index (χ2v) is 2.38. The minimum absolute atomic E-state index is 0.300. The molecule has 1 nitrogen and oxygen atoms in total. The van der Waals surface area contributed by atoms with Gasteiger partial charge in [0.15, 0.2) is 5.05 Å². The van der Waals surface area contributed by atoms with Gasteiger partial charge >= 0.3 is 0 Å². The lowest BCUT2D eigenvalue weighted by Gasteiger charge is -2.03. The lowest BCUT2D eigenvalue weighted by Crippen LogP contribution is -2.14. The van der Waals surface area contributed by atoms with Crippen LogP contribution in [-0.2, 0) is 4.74 Å². The zero-order valence-electron chi connectivity index (χ0n) is 4.36. The van der Waals surface area contributed by atoms with E-state index >= 15 is 0 Å². The van der Waals surface area contributed by atoms with Crippen LogP contribution in [0.5, 0.6) is 0 Å². The first-order valence-electron chi connectivity index (χ1n) is 2.00. The Labute approximate surface area is 63.9 Å². The standard InChI is InChI=1S/C4H6Cl2OS/c1-7-4(8)3(6)2-5/h3H,2H2,1H3. The molecular weight excluding hydrogens is 167 g/mol. The van der Waals surface area contributed by atoms with Gasteiger partial charge in [-0.1, -0.05) is 0 Å². The van der Waals surface area contributed by atoms with Gasteiger partial charge in [-0.15, -0.1) is 23.2 Å². The molecule has 0 N–H and O–H groups in total. The topological polar surface area (TPSA) is 9.23 Å². The molecular formula is C4H6Cl2OS. The lowest BCUT2D eigenvalue weighted by molar-refractivity contribution is 0.405. The molecule has 0 heterocycles. The number of thiocarbonyl (C=S) groups is 1. The third-order valence-electron chi connectivity index (χ3n) is 0.592. The highest BCUT2D eigenvalue weighted by Crippen LogP contribution is 2.01.